The van der Waals surface area contributed by atoms with Gasteiger partial charge in [-0.3, -0.25) is 0 Å². The second-order valence-corrected chi connectivity index (χ2v) is 9.39. The summed E-state index contributed by atoms with van der Waals surface area (Å²) in [6.45, 7) is 4.53. The Kier molecular flexibility index (Phi) is 4.74. The van der Waals surface area contributed by atoms with E-state index in [2.05, 4.69) is 98.0 Å². The summed E-state index contributed by atoms with van der Waals surface area (Å²) < 4.78 is 2.33. The maximum absolute atomic E-state index is 3.86. The van der Waals surface area contributed by atoms with Crippen molar-refractivity contribution in [2.24, 2.45) is 0 Å². The van der Waals surface area contributed by atoms with Gasteiger partial charge in [0.1, 0.15) is 0 Å². The van der Waals surface area contributed by atoms with Crippen LogP contribution in [0.3, 0.4) is 0 Å². The van der Waals surface area contributed by atoms with E-state index in [-0.39, 0.29) is 10.2 Å². The maximum Gasteiger partial charge on any atom is 0.0754 e. The van der Waals surface area contributed by atoms with E-state index in [0.29, 0.717) is 0 Å². The van der Waals surface area contributed by atoms with Gasteiger partial charge in [-0.15, -0.1) is 11.3 Å². The SMILES string of the molecule is CC(C)(c1ccccc1)C(Br)c1cc(Br)sc1Br. The molecule has 4 heteroatoms. The summed E-state index contributed by atoms with van der Waals surface area (Å²) in [4.78, 5) is 0.268. The second kappa shape index (κ2) is 5.78. The largest absolute Gasteiger partial charge is 0.121 e. The lowest BCUT2D eigenvalue weighted by molar-refractivity contribution is 0.517. The van der Waals surface area contributed by atoms with Crippen LogP contribution in [0.4, 0.5) is 0 Å². The van der Waals surface area contributed by atoms with Crippen molar-refractivity contribution in [3.63, 3.8) is 0 Å². The Bertz CT molecular complexity index is 531. The molecule has 0 N–H and O–H groups in total. The fraction of sp³-hybridized carbons (Fsp3) is 0.286. The number of alkyl halides is 1. The van der Waals surface area contributed by atoms with Crippen molar-refractivity contribution in [3.8, 4) is 0 Å². The van der Waals surface area contributed by atoms with Crippen LogP contribution in [0.1, 0.15) is 29.8 Å². The molecule has 2 aromatic rings. The third kappa shape index (κ3) is 2.92. The van der Waals surface area contributed by atoms with Gasteiger partial charge in [-0.2, -0.15) is 0 Å². The fourth-order valence-electron chi connectivity index (χ4n) is 1.93. The van der Waals surface area contributed by atoms with Crippen LogP contribution in [0, 0.1) is 0 Å². The summed E-state index contributed by atoms with van der Waals surface area (Å²) in [5.41, 5.74) is 2.66. The van der Waals surface area contributed by atoms with Crippen LogP contribution in [-0.2, 0) is 5.41 Å². The van der Waals surface area contributed by atoms with Gasteiger partial charge in [-0.25, -0.2) is 0 Å². The minimum Gasteiger partial charge on any atom is -0.121 e. The average molecular weight is 453 g/mol. The van der Waals surface area contributed by atoms with E-state index in [0.717, 1.165) is 3.79 Å². The number of rotatable bonds is 3. The van der Waals surface area contributed by atoms with E-state index in [1.54, 1.807) is 11.3 Å². The van der Waals surface area contributed by atoms with Gasteiger partial charge in [0, 0.05) is 5.41 Å². The van der Waals surface area contributed by atoms with Crippen molar-refractivity contribution < 1.29 is 0 Å². The van der Waals surface area contributed by atoms with Crippen LogP contribution in [0.2, 0.25) is 0 Å². The molecule has 0 fully saturated rings. The molecule has 1 heterocycles. The zero-order valence-corrected chi connectivity index (χ0v) is 15.7. The van der Waals surface area contributed by atoms with E-state index in [1.807, 2.05) is 0 Å². The first-order chi connectivity index (χ1) is 8.43. The zero-order chi connectivity index (χ0) is 13.3. The highest BCUT2D eigenvalue weighted by molar-refractivity contribution is 9.12. The number of thiophene rings is 1. The summed E-state index contributed by atoms with van der Waals surface area (Å²) in [7, 11) is 0. The molecule has 1 unspecified atom stereocenters. The van der Waals surface area contributed by atoms with E-state index in [1.165, 1.54) is 14.9 Å². The molecular formula is C14H13Br3S. The first-order valence-electron chi connectivity index (χ1n) is 5.57. The van der Waals surface area contributed by atoms with Crippen LogP contribution >= 0.6 is 59.1 Å². The normalized spacial score (nSPS) is 13.6. The molecule has 1 atom stereocenters. The monoisotopic (exact) mass is 450 g/mol. The molecule has 1 aromatic heterocycles. The van der Waals surface area contributed by atoms with Gasteiger partial charge >= 0.3 is 0 Å². The van der Waals surface area contributed by atoms with E-state index >= 15 is 0 Å². The highest BCUT2D eigenvalue weighted by Gasteiger charge is 2.32. The summed E-state index contributed by atoms with van der Waals surface area (Å²) >= 11 is 12.8. The Morgan fingerprint density at radius 3 is 2.22 bits per heavy atom. The molecule has 0 aliphatic heterocycles. The van der Waals surface area contributed by atoms with Crippen molar-refractivity contribution >= 4 is 59.1 Å². The van der Waals surface area contributed by atoms with Crippen LogP contribution in [-0.4, -0.2) is 0 Å². The Labute approximate surface area is 137 Å². The zero-order valence-electron chi connectivity index (χ0n) is 10.1. The van der Waals surface area contributed by atoms with Gasteiger partial charge in [0.25, 0.3) is 0 Å². The Morgan fingerprint density at radius 2 is 1.72 bits per heavy atom. The van der Waals surface area contributed by atoms with Crippen molar-refractivity contribution in [1.82, 2.24) is 0 Å². The number of halogens is 3. The lowest BCUT2D eigenvalue weighted by atomic mass is 9.80. The molecule has 96 valence electrons. The van der Waals surface area contributed by atoms with Crippen molar-refractivity contribution in [1.29, 1.82) is 0 Å². The Balaban J connectivity index is 2.39. The molecule has 0 nitrogen and oxygen atoms in total. The molecule has 18 heavy (non-hydrogen) atoms. The summed E-state index contributed by atoms with van der Waals surface area (Å²) in [6, 6.07) is 12.8. The average Bonchev–Trinajstić information content (AvgIpc) is 2.68. The molecule has 0 aliphatic carbocycles. The van der Waals surface area contributed by atoms with Crippen LogP contribution in [0.5, 0.6) is 0 Å². The smallest absolute Gasteiger partial charge is 0.0754 e. The molecule has 2 rings (SSSR count). The van der Waals surface area contributed by atoms with E-state index in [9.17, 15) is 0 Å². The van der Waals surface area contributed by atoms with E-state index in [4.69, 9.17) is 0 Å². The number of benzene rings is 1. The van der Waals surface area contributed by atoms with Gasteiger partial charge in [-0.05, 0) is 49.1 Å². The summed E-state index contributed by atoms with van der Waals surface area (Å²) in [5.74, 6) is 0. The topological polar surface area (TPSA) is 0 Å². The number of hydrogen-bond donors (Lipinski definition) is 0. The second-order valence-electron chi connectivity index (χ2n) is 4.73. The predicted octanol–water partition coefficient (Wildman–Crippen LogP) is 6.69. The fourth-order valence-corrected chi connectivity index (χ4v) is 5.91. The lowest BCUT2D eigenvalue weighted by Gasteiger charge is -2.31. The molecule has 0 aliphatic rings. The van der Waals surface area contributed by atoms with Crippen LogP contribution < -0.4 is 0 Å². The minimum atomic E-state index is 0.0320. The van der Waals surface area contributed by atoms with Crippen molar-refractivity contribution in [2.45, 2.75) is 24.1 Å². The van der Waals surface area contributed by atoms with Crippen LogP contribution in [0.25, 0.3) is 0 Å². The Hall–Kier alpha value is 0.360. The quantitative estimate of drug-likeness (QED) is 0.455. The molecule has 0 saturated heterocycles. The molecule has 0 amide bonds. The third-order valence-electron chi connectivity index (χ3n) is 3.11. The molecule has 0 spiro atoms. The third-order valence-corrected chi connectivity index (χ3v) is 7.13. The standard InChI is InChI=1S/C14H13Br3S/c1-14(2,9-6-4-3-5-7-9)12(16)10-8-11(15)18-13(10)17/h3-8,12H,1-2H3. The molecule has 0 bridgehead atoms. The summed E-state index contributed by atoms with van der Waals surface area (Å²) in [6.07, 6.45) is 0. The maximum atomic E-state index is 3.86. The van der Waals surface area contributed by atoms with Crippen molar-refractivity contribution in [3.05, 3.63) is 55.1 Å². The molecular weight excluding hydrogens is 440 g/mol. The molecule has 0 saturated carbocycles. The van der Waals surface area contributed by atoms with Gasteiger partial charge < -0.3 is 0 Å². The first kappa shape index (κ1) is 14.8. The summed E-state index contributed by atoms with van der Waals surface area (Å²) in [5, 5.41) is 0. The molecule has 0 radical (unpaired) electrons. The minimum absolute atomic E-state index is 0.0320. The highest BCUT2D eigenvalue weighted by atomic mass is 79.9. The van der Waals surface area contributed by atoms with Gasteiger partial charge in [0.2, 0.25) is 0 Å². The van der Waals surface area contributed by atoms with Crippen molar-refractivity contribution in [2.75, 3.05) is 0 Å². The first-order valence-corrected chi connectivity index (χ1v) is 8.89. The van der Waals surface area contributed by atoms with Gasteiger partial charge in [-0.1, -0.05) is 60.1 Å². The van der Waals surface area contributed by atoms with E-state index < -0.39 is 0 Å². The molecule has 1 aromatic carbocycles. The number of hydrogen-bond acceptors (Lipinski definition) is 1. The van der Waals surface area contributed by atoms with Gasteiger partial charge in [0.15, 0.2) is 0 Å². The highest BCUT2D eigenvalue weighted by Crippen LogP contribution is 2.48. The van der Waals surface area contributed by atoms with Gasteiger partial charge in [0.05, 0.1) is 12.4 Å². The lowest BCUT2D eigenvalue weighted by Crippen LogP contribution is -2.22. The van der Waals surface area contributed by atoms with Crippen LogP contribution in [0.15, 0.2) is 44.0 Å². The Morgan fingerprint density at radius 1 is 1.11 bits per heavy atom. The predicted molar refractivity (Wildman–Crippen MR) is 90.9 cm³/mol.